The number of rotatable bonds is 2. The summed E-state index contributed by atoms with van der Waals surface area (Å²) in [5.74, 6) is -0.843. The molecule has 2 saturated heterocycles. The molecule has 2 fully saturated rings. The molecule has 0 aromatic carbocycles. The Morgan fingerprint density at radius 2 is 1.62 bits per heavy atom. The summed E-state index contributed by atoms with van der Waals surface area (Å²) in [5.41, 5.74) is 0. The van der Waals surface area contributed by atoms with Crippen LogP contribution in [0.15, 0.2) is 0 Å². The van der Waals surface area contributed by atoms with Crippen LogP contribution in [0.1, 0.15) is 32.1 Å². The summed E-state index contributed by atoms with van der Waals surface area (Å²) in [6.45, 7) is 0. The maximum absolute atomic E-state index is 12.6. The summed E-state index contributed by atoms with van der Waals surface area (Å²) < 4.78 is 57.4. The van der Waals surface area contributed by atoms with Crippen molar-refractivity contribution in [3.63, 3.8) is 0 Å². The van der Waals surface area contributed by atoms with E-state index < -0.39 is 36.3 Å². The van der Waals surface area contributed by atoms with Crippen LogP contribution >= 0.6 is 0 Å². The lowest BCUT2D eigenvalue weighted by molar-refractivity contribution is 0.358. The molecule has 7 heteroatoms. The second kappa shape index (κ2) is 3.94. The fraction of sp³-hybridized carbons (Fsp3) is 1.00. The van der Waals surface area contributed by atoms with Crippen LogP contribution < -0.4 is 0 Å². The molecule has 0 aromatic rings. The molecular formula is C9H15FO4S2. The maximum Gasteiger partial charge on any atom is 0.302 e. The molecular weight excluding hydrogens is 255 g/mol. The molecule has 2 bridgehead atoms. The monoisotopic (exact) mass is 270 g/mol. The van der Waals surface area contributed by atoms with E-state index in [9.17, 15) is 20.7 Å². The molecule has 2 aliphatic rings. The Morgan fingerprint density at radius 1 is 1.12 bits per heavy atom. The summed E-state index contributed by atoms with van der Waals surface area (Å²) >= 11 is 0. The zero-order valence-corrected chi connectivity index (χ0v) is 10.4. The van der Waals surface area contributed by atoms with E-state index in [-0.39, 0.29) is 5.92 Å². The fourth-order valence-corrected chi connectivity index (χ4v) is 6.39. The molecule has 16 heavy (non-hydrogen) atoms. The number of fused-ring (bicyclic) bond motifs is 2. The van der Waals surface area contributed by atoms with E-state index in [2.05, 4.69) is 0 Å². The second-order valence-corrected chi connectivity index (χ2v) is 8.73. The average Bonchev–Trinajstić information content (AvgIpc) is 2.03. The van der Waals surface area contributed by atoms with E-state index in [0.29, 0.717) is 25.7 Å². The third kappa shape index (κ3) is 2.40. The molecule has 2 atom stereocenters. The minimum Gasteiger partial charge on any atom is -0.228 e. The third-order valence-corrected chi connectivity index (χ3v) is 7.19. The Bertz CT molecular complexity index is 448. The van der Waals surface area contributed by atoms with Crippen molar-refractivity contribution in [1.82, 2.24) is 0 Å². The van der Waals surface area contributed by atoms with Gasteiger partial charge in [-0.05, 0) is 31.6 Å². The highest BCUT2D eigenvalue weighted by Crippen LogP contribution is 2.39. The topological polar surface area (TPSA) is 68.3 Å². The SMILES string of the molecule is O=S(=O)(F)CC1CC2CCCC(C1)S2(=O)=O. The molecule has 0 aromatic heterocycles. The van der Waals surface area contributed by atoms with Crippen molar-refractivity contribution in [3.05, 3.63) is 0 Å². The van der Waals surface area contributed by atoms with Crippen molar-refractivity contribution in [2.24, 2.45) is 5.92 Å². The number of halogens is 1. The summed E-state index contributed by atoms with van der Waals surface area (Å²) in [4.78, 5) is 0. The number of sulfone groups is 1. The quantitative estimate of drug-likeness (QED) is 0.703. The lowest BCUT2D eigenvalue weighted by atomic mass is 9.91. The van der Waals surface area contributed by atoms with Crippen molar-refractivity contribution in [2.45, 2.75) is 42.6 Å². The highest BCUT2D eigenvalue weighted by atomic mass is 32.3. The van der Waals surface area contributed by atoms with Gasteiger partial charge in [0.15, 0.2) is 9.84 Å². The van der Waals surface area contributed by atoms with E-state index in [0.717, 1.165) is 6.42 Å². The van der Waals surface area contributed by atoms with Gasteiger partial charge >= 0.3 is 10.2 Å². The maximum atomic E-state index is 12.6. The third-order valence-electron chi connectivity index (χ3n) is 3.61. The molecule has 2 unspecified atom stereocenters. The van der Waals surface area contributed by atoms with Crippen LogP contribution in [0.3, 0.4) is 0 Å². The van der Waals surface area contributed by atoms with Crippen molar-refractivity contribution in [2.75, 3.05) is 5.75 Å². The Morgan fingerprint density at radius 3 is 2.06 bits per heavy atom. The van der Waals surface area contributed by atoms with Gasteiger partial charge in [0.25, 0.3) is 0 Å². The molecule has 2 aliphatic heterocycles. The average molecular weight is 270 g/mol. The van der Waals surface area contributed by atoms with Crippen molar-refractivity contribution in [3.8, 4) is 0 Å². The summed E-state index contributed by atoms with van der Waals surface area (Å²) in [6.07, 6.45) is 2.69. The van der Waals surface area contributed by atoms with Crippen LogP contribution in [0.2, 0.25) is 0 Å². The zero-order chi connectivity index (χ0) is 12.0. The van der Waals surface area contributed by atoms with E-state index in [1.54, 1.807) is 0 Å². The van der Waals surface area contributed by atoms with Gasteiger partial charge in [0.1, 0.15) is 0 Å². The molecule has 4 nitrogen and oxygen atoms in total. The first-order chi connectivity index (χ1) is 7.29. The minimum absolute atomic E-state index is 0.308. The van der Waals surface area contributed by atoms with Gasteiger partial charge in [-0.2, -0.15) is 8.42 Å². The molecule has 0 N–H and O–H groups in total. The molecule has 2 heterocycles. The number of hydrogen-bond donors (Lipinski definition) is 0. The van der Waals surface area contributed by atoms with Crippen LogP contribution in [0.5, 0.6) is 0 Å². The Balaban J connectivity index is 2.15. The predicted octanol–water partition coefficient (Wildman–Crippen LogP) is 1.03. The molecule has 2 rings (SSSR count). The predicted molar refractivity (Wildman–Crippen MR) is 58.0 cm³/mol. The van der Waals surface area contributed by atoms with E-state index in [4.69, 9.17) is 0 Å². The van der Waals surface area contributed by atoms with Gasteiger partial charge in [0.2, 0.25) is 0 Å². The van der Waals surface area contributed by atoms with Gasteiger partial charge < -0.3 is 0 Å². The van der Waals surface area contributed by atoms with Crippen LogP contribution in [0, 0.1) is 5.92 Å². The Labute approximate surface area is 95.4 Å². The normalized spacial score (nSPS) is 38.2. The summed E-state index contributed by atoms with van der Waals surface area (Å²) in [5, 5.41) is -0.876. The first-order valence-corrected chi connectivity index (χ1v) is 8.60. The molecule has 0 saturated carbocycles. The number of hydrogen-bond acceptors (Lipinski definition) is 4. The van der Waals surface area contributed by atoms with Crippen LogP contribution in [-0.4, -0.2) is 33.1 Å². The van der Waals surface area contributed by atoms with Gasteiger partial charge in [-0.25, -0.2) is 8.42 Å². The van der Waals surface area contributed by atoms with Gasteiger partial charge in [-0.15, -0.1) is 3.89 Å². The van der Waals surface area contributed by atoms with E-state index in [1.807, 2.05) is 0 Å². The van der Waals surface area contributed by atoms with Gasteiger partial charge in [0.05, 0.1) is 16.3 Å². The fourth-order valence-electron chi connectivity index (χ4n) is 2.94. The Hall–Kier alpha value is -0.170. The van der Waals surface area contributed by atoms with E-state index in [1.165, 1.54) is 0 Å². The van der Waals surface area contributed by atoms with Gasteiger partial charge in [0, 0.05) is 0 Å². The molecule has 0 radical (unpaired) electrons. The van der Waals surface area contributed by atoms with Gasteiger partial charge in [-0.3, -0.25) is 0 Å². The minimum atomic E-state index is -4.49. The van der Waals surface area contributed by atoms with Crippen molar-refractivity contribution >= 4 is 20.1 Å². The summed E-state index contributed by atoms with van der Waals surface area (Å²) in [7, 11) is -7.56. The lowest BCUT2D eigenvalue weighted by Crippen LogP contribution is -2.44. The molecule has 94 valence electrons. The van der Waals surface area contributed by atoms with Crippen LogP contribution in [-0.2, 0) is 20.1 Å². The zero-order valence-electron chi connectivity index (χ0n) is 8.80. The van der Waals surface area contributed by atoms with Crippen molar-refractivity contribution < 1.29 is 20.7 Å². The highest BCUT2D eigenvalue weighted by Gasteiger charge is 2.44. The first kappa shape index (κ1) is 12.3. The van der Waals surface area contributed by atoms with E-state index >= 15 is 0 Å². The Kier molecular flexibility index (Phi) is 3.03. The van der Waals surface area contributed by atoms with Crippen LogP contribution in [0.4, 0.5) is 3.89 Å². The molecule has 0 aliphatic carbocycles. The largest absolute Gasteiger partial charge is 0.302 e. The summed E-state index contributed by atoms with van der Waals surface area (Å²) in [6, 6.07) is 0. The molecule has 0 spiro atoms. The van der Waals surface area contributed by atoms with Gasteiger partial charge in [-0.1, -0.05) is 6.42 Å². The molecule has 0 amide bonds. The van der Waals surface area contributed by atoms with Crippen LogP contribution in [0.25, 0.3) is 0 Å². The first-order valence-electron chi connectivity index (χ1n) is 5.44. The van der Waals surface area contributed by atoms with Crippen molar-refractivity contribution in [1.29, 1.82) is 0 Å². The highest BCUT2D eigenvalue weighted by molar-refractivity contribution is 7.92. The second-order valence-electron chi connectivity index (χ2n) is 4.81. The lowest BCUT2D eigenvalue weighted by Gasteiger charge is -2.38. The standard InChI is InChI=1S/C9H15FO4S2/c10-15(11,12)6-7-4-8-2-1-3-9(5-7)16(8,13)14/h7-9H,1-6H2. The smallest absolute Gasteiger partial charge is 0.228 e.